The summed E-state index contributed by atoms with van der Waals surface area (Å²) in [6, 6.07) is 3.07. The van der Waals surface area contributed by atoms with E-state index in [1.54, 1.807) is 11.4 Å². The van der Waals surface area contributed by atoms with Crippen LogP contribution in [0, 0.1) is 0 Å². The minimum atomic E-state index is -0.619. The SMILES string of the molecule is NC(=O)c1ccc(NCc2csc(=O)[nH]2)nn1. The fourth-order valence-corrected chi connectivity index (χ4v) is 1.73. The van der Waals surface area contributed by atoms with E-state index in [-0.39, 0.29) is 10.6 Å². The van der Waals surface area contributed by atoms with Gasteiger partial charge in [-0.2, -0.15) is 0 Å². The summed E-state index contributed by atoms with van der Waals surface area (Å²) in [5.41, 5.74) is 5.91. The van der Waals surface area contributed by atoms with Gasteiger partial charge in [-0.25, -0.2) is 0 Å². The molecule has 1 amide bonds. The van der Waals surface area contributed by atoms with Crippen LogP contribution in [0.4, 0.5) is 5.82 Å². The molecule has 0 aliphatic rings. The number of carbonyl (C=O) groups is 1. The van der Waals surface area contributed by atoms with Crippen LogP contribution in [0.5, 0.6) is 0 Å². The maximum Gasteiger partial charge on any atom is 0.304 e. The molecule has 8 heteroatoms. The zero-order valence-corrected chi connectivity index (χ0v) is 9.45. The fourth-order valence-electron chi connectivity index (χ4n) is 1.14. The molecular weight excluding hydrogens is 242 g/mol. The van der Waals surface area contributed by atoms with Gasteiger partial charge in [0.25, 0.3) is 5.91 Å². The van der Waals surface area contributed by atoms with Crippen LogP contribution in [-0.2, 0) is 6.54 Å². The van der Waals surface area contributed by atoms with E-state index < -0.39 is 5.91 Å². The van der Waals surface area contributed by atoms with Gasteiger partial charge in [-0.1, -0.05) is 11.3 Å². The molecule has 0 spiro atoms. The van der Waals surface area contributed by atoms with E-state index >= 15 is 0 Å². The molecule has 0 aliphatic heterocycles. The van der Waals surface area contributed by atoms with Crippen molar-refractivity contribution in [1.29, 1.82) is 0 Å². The van der Waals surface area contributed by atoms with Crippen molar-refractivity contribution < 1.29 is 4.79 Å². The molecule has 0 aromatic carbocycles. The summed E-state index contributed by atoms with van der Waals surface area (Å²) in [6.45, 7) is 0.434. The molecule has 2 aromatic rings. The number of anilines is 1. The molecular formula is C9H9N5O2S. The topological polar surface area (TPSA) is 114 Å². The first-order chi connectivity index (χ1) is 8.15. The average Bonchev–Trinajstić information content (AvgIpc) is 2.73. The van der Waals surface area contributed by atoms with E-state index in [1.165, 1.54) is 6.07 Å². The summed E-state index contributed by atoms with van der Waals surface area (Å²) >= 11 is 1.10. The van der Waals surface area contributed by atoms with Crippen molar-refractivity contribution >= 4 is 23.1 Å². The number of H-pyrrole nitrogens is 1. The van der Waals surface area contributed by atoms with Crippen molar-refractivity contribution in [3.8, 4) is 0 Å². The Hall–Kier alpha value is -2.22. The van der Waals surface area contributed by atoms with Gasteiger partial charge in [-0.3, -0.25) is 9.59 Å². The van der Waals surface area contributed by atoms with Crippen LogP contribution in [-0.4, -0.2) is 21.1 Å². The Morgan fingerprint density at radius 3 is 2.82 bits per heavy atom. The molecule has 4 N–H and O–H groups in total. The molecule has 0 fully saturated rings. The normalized spacial score (nSPS) is 10.1. The maximum atomic E-state index is 10.9. The molecule has 0 radical (unpaired) electrons. The molecule has 88 valence electrons. The molecule has 0 bridgehead atoms. The maximum absolute atomic E-state index is 10.9. The van der Waals surface area contributed by atoms with E-state index in [4.69, 9.17) is 5.73 Å². The van der Waals surface area contributed by atoms with Crippen LogP contribution in [0.15, 0.2) is 22.3 Å². The van der Waals surface area contributed by atoms with E-state index in [9.17, 15) is 9.59 Å². The third-order valence-corrected chi connectivity index (χ3v) is 2.67. The third kappa shape index (κ3) is 2.88. The van der Waals surface area contributed by atoms with Gasteiger partial charge >= 0.3 is 4.87 Å². The number of thiazole rings is 1. The van der Waals surface area contributed by atoms with Crippen LogP contribution < -0.4 is 15.9 Å². The lowest BCUT2D eigenvalue weighted by Gasteiger charge is -2.02. The molecule has 17 heavy (non-hydrogen) atoms. The first-order valence-corrected chi connectivity index (χ1v) is 5.57. The number of amides is 1. The van der Waals surface area contributed by atoms with Gasteiger partial charge in [0, 0.05) is 11.1 Å². The first-order valence-electron chi connectivity index (χ1n) is 4.69. The Balaban J connectivity index is 2.00. The minimum Gasteiger partial charge on any atom is -0.364 e. The van der Waals surface area contributed by atoms with Crippen LogP contribution in [0.1, 0.15) is 16.2 Å². The molecule has 0 unspecified atom stereocenters. The lowest BCUT2D eigenvalue weighted by Crippen LogP contribution is -2.14. The molecule has 0 saturated carbocycles. The van der Waals surface area contributed by atoms with Gasteiger partial charge in [-0.05, 0) is 12.1 Å². The van der Waals surface area contributed by atoms with Crippen LogP contribution >= 0.6 is 11.3 Å². The number of rotatable bonds is 4. The number of nitrogens with zero attached hydrogens (tertiary/aromatic N) is 2. The highest BCUT2D eigenvalue weighted by Gasteiger charge is 2.03. The second kappa shape index (κ2) is 4.74. The Morgan fingerprint density at radius 1 is 1.47 bits per heavy atom. The average molecular weight is 251 g/mol. The summed E-state index contributed by atoms with van der Waals surface area (Å²) in [5, 5.41) is 12.1. The third-order valence-electron chi connectivity index (χ3n) is 1.95. The number of aromatic nitrogens is 3. The number of nitrogens with two attached hydrogens (primary N) is 1. The first kappa shape index (κ1) is 11.3. The summed E-state index contributed by atoms with van der Waals surface area (Å²) in [7, 11) is 0. The monoisotopic (exact) mass is 251 g/mol. The predicted molar refractivity (Wildman–Crippen MR) is 62.8 cm³/mol. The van der Waals surface area contributed by atoms with Gasteiger partial charge in [0.2, 0.25) is 0 Å². The molecule has 2 aromatic heterocycles. The lowest BCUT2D eigenvalue weighted by atomic mass is 10.3. The lowest BCUT2D eigenvalue weighted by molar-refractivity contribution is 0.0994. The quantitative estimate of drug-likeness (QED) is 0.704. The van der Waals surface area contributed by atoms with E-state index in [1.807, 2.05) is 0 Å². The predicted octanol–water partition coefficient (Wildman–Crippen LogP) is -0.0626. The van der Waals surface area contributed by atoms with Gasteiger partial charge in [0.1, 0.15) is 5.82 Å². The van der Waals surface area contributed by atoms with Crippen molar-refractivity contribution in [3.05, 3.63) is 38.6 Å². The second-order valence-corrected chi connectivity index (χ2v) is 4.04. The van der Waals surface area contributed by atoms with Crippen LogP contribution in [0.2, 0.25) is 0 Å². The van der Waals surface area contributed by atoms with Crippen molar-refractivity contribution in [1.82, 2.24) is 15.2 Å². The van der Waals surface area contributed by atoms with E-state index in [0.717, 1.165) is 17.0 Å². The molecule has 0 saturated heterocycles. The van der Waals surface area contributed by atoms with Crippen LogP contribution in [0.3, 0.4) is 0 Å². The van der Waals surface area contributed by atoms with Crippen molar-refractivity contribution in [2.75, 3.05) is 5.32 Å². The Labute approximate surface area is 99.7 Å². The van der Waals surface area contributed by atoms with E-state index in [2.05, 4.69) is 20.5 Å². The van der Waals surface area contributed by atoms with E-state index in [0.29, 0.717) is 12.4 Å². The number of carbonyl (C=O) groups excluding carboxylic acids is 1. The van der Waals surface area contributed by atoms with Gasteiger partial charge in [-0.15, -0.1) is 10.2 Å². The molecule has 0 aliphatic carbocycles. The number of aromatic amines is 1. The highest BCUT2D eigenvalue weighted by Crippen LogP contribution is 2.04. The number of hydrogen-bond donors (Lipinski definition) is 3. The fraction of sp³-hybridized carbons (Fsp3) is 0.111. The highest BCUT2D eigenvalue weighted by atomic mass is 32.1. The largest absolute Gasteiger partial charge is 0.364 e. The smallest absolute Gasteiger partial charge is 0.304 e. The van der Waals surface area contributed by atoms with Gasteiger partial charge in [0.05, 0.1) is 6.54 Å². The zero-order chi connectivity index (χ0) is 12.3. The van der Waals surface area contributed by atoms with Gasteiger partial charge in [0.15, 0.2) is 5.69 Å². The number of hydrogen-bond acceptors (Lipinski definition) is 6. The highest BCUT2D eigenvalue weighted by molar-refractivity contribution is 7.07. The summed E-state index contributed by atoms with van der Waals surface area (Å²) in [4.78, 5) is 24.2. The minimum absolute atomic E-state index is 0.100. The van der Waals surface area contributed by atoms with Crippen molar-refractivity contribution in [2.45, 2.75) is 6.54 Å². The summed E-state index contributed by atoms with van der Waals surface area (Å²) in [6.07, 6.45) is 0. The van der Waals surface area contributed by atoms with Crippen LogP contribution in [0.25, 0.3) is 0 Å². The van der Waals surface area contributed by atoms with Gasteiger partial charge < -0.3 is 16.0 Å². The van der Waals surface area contributed by atoms with Crippen molar-refractivity contribution in [3.63, 3.8) is 0 Å². The zero-order valence-electron chi connectivity index (χ0n) is 8.64. The second-order valence-electron chi connectivity index (χ2n) is 3.20. The van der Waals surface area contributed by atoms with Crippen molar-refractivity contribution in [2.24, 2.45) is 5.73 Å². The number of primary amides is 1. The summed E-state index contributed by atoms with van der Waals surface area (Å²) < 4.78 is 0. The molecule has 2 heterocycles. The number of nitrogens with one attached hydrogen (secondary N) is 2. The standard InChI is InChI=1S/C9H9N5O2S/c10-8(15)6-1-2-7(14-13-6)11-3-5-4-17-9(16)12-5/h1-2,4H,3H2,(H2,10,15)(H,11,14)(H,12,16). The Kier molecular flexibility index (Phi) is 3.15. The summed E-state index contributed by atoms with van der Waals surface area (Å²) in [5.74, 6) is -0.117. The Morgan fingerprint density at radius 2 is 2.29 bits per heavy atom. The molecule has 2 rings (SSSR count). The molecule has 0 atom stereocenters. The molecule has 7 nitrogen and oxygen atoms in total. The Bertz CT molecular complexity index is 574.